The summed E-state index contributed by atoms with van der Waals surface area (Å²) >= 11 is 0. The van der Waals surface area contributed by atoms with Crippen LogP contribution < -0.4 is 0 Å². The summed E-state index contributed by atoms with van der Waals surface area (Å²) in [5.41, 5.74) is 0.878. The van der Waals surface area contributed by atoms with Crippen LogP contribution >= 0.6 is 0 Å². The number of esters is 2. The van der Waals surface area contributed by atoms with Crippen LogP contribution in [0.2, 0.25) is 0 Å². The standard InChI is InChI=1S/C23H28O5/c1-22(2,20(25)27-15-14-24)23(3,4)21(26)28-16-17-10-12-19(13-11-17)18-8-6-5-7-9-18/h5-13,24H,14-16H2,1-4H3. The van der Waals surface area contributed by atoms with E-state index in [1.807, 2.05) is 54.6 Å². The molecule has 2 aromatic rings. The van der Waals surface area contributed by atoms with Crippen molar-refractivity contribution in [3.8, 4) is 11.1 Å². The van der Waals surface area contributed by atoms with E-state index in [2.05, 4.69) is 0 Å². The maximum absolute atomic E-state index is 12.7. The van der Waals surface area contributed by atoms with E-state index >= 15 is 0 Å². The van der Waals surface area contributed by atoms with E-state index in [9.17, 15) is 9.59 Å². The van der Waals surface area contributed by atoms with Crippen LogP contribution in [0.5, 0.6) is 0 Å². The normalized spacial score (nSPS) is 11.8. The highest BCUT2D eigenvalue weighted by atomic mass is 16.5. The molecule has 0 fully saturated rings. The smallest absolute Gasteiger partial charge is 0.312 e. The number of aliphatic hydroxyl groups excluding tert-OH is 1. The second-order valence-electron chi connectivity index (χ2n) is 7.75. The summed E-state index contributed by atoms with van der Waals surface area (Å²) in [5.74, 6) is -1.03. The average Bonchev–Trinajstić information content (AvgIpc) is 2.70. The minimum Gasteiger partial charge on any atom is -0.463 e. The zero-order valence-electron chi connectivity index (χ0n) is 16.9. The summed E-state index contributed by atoms with van der Waals surface area (Å²) in [6, 6.07) is 17.8. The van der Waals surface area contributed by atoms with E-state index in [1.165, 1.54) is 0 Å². The van der Waals surface area contributed by atoms with Crippen molar-refractivity contribution in [3.05, 3.63) is 60.2 Å². The van der Waals surface area contributed by atoms with Crippen LogP contribution in [0, 0.1) is 10.8 Å². The summed E-state index contributed by atoms with van der Waals surface area (Å²) < 4.78 is 10.5. The van der Waals surface area contributed by atoms with Crippen LogP contribution in [0.25, 0.3) is 11.1 Å². The lowest BCUT2D eigenvalue weighted by molar-refractivity contribution is -0.176. The van der Waals surface area contributed by atoms with E-state index in [4.69, 9.17) is 14.6 Å². The molecule has 0 atom stereocenters. The zero-order chi connectivity index (χ0) is 20.8. The molecule has 0 aliphatic carbocycles. The molecule has 0 radical (unpaired) electrons. The fourth-order valence-electron chi connectivity index (χ4n) is 2.58. The second kappa shape index (κ2) is 9.02. The minimum absolute atomic E-state index is 0.0961. The molecule has 0 aromatic heterocycles. The largest absolute Gasteiger partial charge is 0.463 e. The molecule has 0 saturated heterocycles. The molecule has 0 saturated carbocycles. The molecule has 2 rings (SSSR count). The van der Waals surface area contributed by atoms with Gasteiger partial charge >= 0.3 is 11.9 Å². The highest BCUT2D eigenvalue weighted by molar-refractivity contribution is 5.87. The molecular formula is C23H28O5. The topological polar surface area (TPSA) is 72.8 Å². The molecule has 2 aromatic carbocycles. The first-order valence-electron chi connectivity index (χ1n) is 9.30. The number of rotatable bonds is 8. The second-order valence-corrected chi connectivity index (χ2v) is 7.75. The van der Waals surface area contributed by atoms with Gasteiger partial charge in [0.1, 0.15) is 13.2 Å². The highest BCUT2D eigenvalue weighted by Crippen LogP contribution is 2.40. The summed E-state index contributed by atoms with van der Waals surface area (Å²) in [5, 5.41) is 8.83. The summed E-state index contributed by atoms with van der Waals surface area (Å²) in [6.45, 7) is 6.37. The van der Waals surface area contributed by atoms with E-state index in [0.29, 0.717) is 0 Å². The van der Waals surface area contributed by atoms with Crippen molar-refractivity contribution in [1.29, 1.82) is 0 Å². The fraction of sp³-hybridized carbons (Fsp3) is 0.391. The van der Waals surface area contributed by atoms with Crippen LogP contribution in [0.4, 0.5) is 0 Å². The van der Waals surface area contributed by atoms with Crippen LogP contribution in [0.3, 0.4) is 0 Å². The number of ether oxygens (including phenoxy) is 2. The van der Waals surface area contributed by atoms with Crippen molar-refractivity contribution < 1.29 is 24.2 Å². The van der Waals surface area contributed by atoms with Gasteiger partial charge in [-0.05, 0) is 44.4 Å². The van der Waals surface area contributed by atoms with Gasteiger partial charge in [-0.2, -0.15) is 0 Å². The number of aliphatic hydroxyl groups is 1. The molecule has 1 N–H and O–H groups in total. The first-order valence-corrected chi connectivity index (χ1v) is 9.30. The lowest BCUT2D eigenvalue weighted by Gasteiger charge is -2.36. The van der Waals surface area contributed by atoms with Gasteiger partial charge in [0.25, 0.3) is 0 Å². The van der Waals surface area contributed by atoms with Gasteiger partial charge in [0.2, 0.25) is 0 Å². The Hall–Kier alpha value is -2.66. The summed E-state index contributed by atoms with van der Waals surface area (Å²) in [7, 11) is 0. The van der Waals surface area contributed by atoms with Crippen molar-refractivity contribution in [1.82, 2.24) is 0 Å². The van der Waals surface area contributed by atoms with E-state index in [-0.39, 0.29) is 19.8 Å². The molecule has 28 heavy (non-hydrogen) atoms. The number of hydrogen-bond donors (Lipinski definition) is 1. The Morgan fingerprint density at radius 2 is 1.29 bits per heavy atom. The number of carbonyl (C=O) groups is 2. The van der Waals surface area contributed by atoms with Crippen molar-refractivity contribution >= 4 is 11.9 Å². The van der Waals surface area contributed by atoms with Gasteiger partial charge in [-0.25, -0.2) is 0 Å². The third-order valence-electron chi connectivity index (χ3n) is 5.34. The van der Waals surface area contributed by atoms with Crippen molar-refractivity contribution in [2.75, 3.05) is 13.2 Å². The molecule has 0 aliphatic heterocycles. The molecule has 0 unspecified atom stereocenters. The molecule has 0 bridgehead atoms. The minimum atomic E-state index is -1.10. The highest BCUT2D eigenvalue weighted by Gasteiger charge is 2.50. The Morgan fingerprint density at radius 1 is 0.786 bits per heavy atom. The number of carbonyl (C=O) groups excluding carboxylic acids is 2. The monoisotopic (exact) mass is 384 g/mol. The lowest BCUT2D eigenvalue weighted by Crippen LogP contribution is -2.46. The Morgan fingerprint density at radius 3 is 1.82 bits per heavy atom. The maximum Gasteiger partial charge on any atom is 0.312 e. The molecule has 0 spiro atoms. The summed E-state index contributed by atoms with van der Waals surface area (Å²) in [6.07, 6.45) is 0. The SMILES string of the molecule is CC(C)(C(=O)OCCO)C(C)(C)C(=O)OCc1ccc(-c2ccccc2)cc1. The van der Waals surface area contributed by atoms with Gasteiger partial charge in [-0.15, -0.1) is 0 Å². The maximum atomic E-state index is 12.7. The number of benzene rings is 2. The first kappa shape index (κ1) is 21.6. The predicted octanol–water partition coefficient (Wildman–Crippen LogP) is 3.98. The van der Waals surface area contributed by atoms with Crippen LogP contribution in [-0.2, 0) is 25.7 Å². The van der Waals surface area contributed by atoms with Crippen LogP contribution in [-0.4, -0.2) is 30.3 Å². The van der Waals surface area contributed by atoms with Crippen molar-refractivity contribution in [2.45, 2.75) is 34.3 Å². The van der Waals surface area contributed by atoms with Gasteiger partial charge in [0.05, 0.1) is 17.4 Å². The molecule has 0 aliphatic rings. The van der Waals surface area contributed by atoms with Crippen molar-refractivity contribution in [3.63, 3.8) is 0 Å². The third-order valence-corrected chi connectivity index (χ3v) is 5.34. The van der Waals surface area contributed by atoms with Crippen molar-refractivity contribution in [2.24, 2.45) is 10.8 Å². The van der Waals surface area contributed by atoms with Gasteiger partial charge in [0.15, 0.2) is 0 Å². The Kier molecular flexibility index (Phi) is 6.97. The average molecular weight is 384 g/mol. The molecule has 0 amide bonds. The van der Waals surface area contributed by atoms with E-state index in [0.717, 1.165) is 16.7 Å². The van der Waals surface area contributed by atoms with Crippen LogP contribution in [0.1, 0.15) is 33.3 Å². The molecule has 0 heterocycles. The zero-order valence-corrected chi connectivity index (χ0v) is 16.9. The Balaban J connectivity index is 2.01. The first-order chi connectivity index (χ1) is 13.2. The lowest BCUT2D eigenvalue weighted by atomic mass is 9.68. The van der Waals surface area contributed by atoms with E-state index < -0.39 is 22.8 Å². The van der Waals surface area contributed by atoms with Gasteiger partial charge < -0.3 is 14.6 Å². The van der Waals surface area contributed by atoms with Gasteiger partial charge in [-0.1, -0.05) is 54.6 Å². The predicted molar refractivity (Wildman–Crippen MR) is 107 cm³/mol. The summed E-state index contributed by atoms with van der Waals surface area (Å²) in [4.78, 5) is 25.0. The molecule has 5 heteroatoms. The molecule has 5 nitrogen and oxygen atoms in total. The molecule has 150 valence electrons. The van der Waals surface area contributed by atoms with Gasteiger partial charge in [0, 0.05) is 0 Å². The fourth-order valence-corrected chi connectivity index (χ4v) is 2.58. The quantitative estimate of drug-likeness (QED) is 0.697. The Bertz CT molecular complexity index is 792. The van der Waals surface area contributed by atoms with E-state index in [1.54, 1.807) is 27.7 Å². The molecular weight excluding hydrogens is 356 g/mol. The number of hydrogen-bond acceptors (Lipinski definition) is 5. The third kappa shape index (κ3) is 4.78. The van der Waals surface area contributed by atoms with Gasteiger partial charge in [-0.3, -0.25) is 9.59 Å². The van der Waals surface area contributed by atoms with Crippen LogP contribution in [0.15, 0.2) is 54.6 Å². The Labute approximate surface area is 166 Å².